The molecule has 0 unspecified atom stereocenters. The van der Waals surface area contributed by atoms with Crippen LogP contribution >= 0.6 is 11.8 Å². The molecule has 1 amide bonds. The monoisotopic (exact) mass is 423 g/mol. The van der Waals surface area contributed by atoms with E-state index >= 15 is 0 Å². The van der Waals surface area contributed by atoms with Crippen LogP contribution in [0.15, 0.2) is 59.4 Å². The van der Waals surface area contributed by atoms with Crippen molar-refractivity contribution in [3.63, 3.8) is 0 Å². The number of aromatic nitrogens is 2. The zero-order valence-corrected chi connectivity index (χ0v) is 18.3. The largest absolute Gasteiger partial charge is 0.493 e. The van der Waals surface area contributed by atoms with Gasteiger partial charge in [-0.25, -0.2) is 4.68 Å². The van der Waals surface area contributed by atoms with E-state index in [1.165, 1.54) is 11.8 Å². The second-order valence-corrected chi connectivity index (χ2v) is 8.65. The maximum absolute atomic E-state index is 13.5. The second kappa shape index (κ2) is 8.07. The van der Waals surface area contributed by atoms with Gasteiger partial charge in [-0.3, -0.25) is 19.2 Å². The van der Waals surface area contributed by atoms with Crippen LogP contribution in [0.25, 0.3) is 5.69 Å². The highest BCUT2D eigenvalue weighted by Gasteiger charge is 2.43. The van der Waals surface area contributed by atoms with Gasteiger partial charge >= 0.3 is 0 Å². The number of amides is 1. The lowest BCUT2D eigenvalue weighted by Gasteiger charge is -2.24. The van der Waals surface area contributed by atoms with E-state index in [0.717, 1.165) is 22.7 Å². The molecule has 1 fully saturated rings. The Morgan fingerprint density at radius 3 is 2.40 bits per heavy atom. The molecule has 1 saturated heterocycles. The summed E-state index contributed by atoms with van der Waals surface area (Å²) in [6, 6.07) is 17.2. The predicted molar refractivity (Wildman–Crippen MR) is 121 cm³/mol. The van der Waals surface area contributed by atoms with Crippen molar-refractivity contribution in [2.75, 3.05) is 11.5 Å². The van der Waals surface area contributed by atoms with Crippen LogP contribution < -0.4 is 15.2 Å². The Labute approximate surface area is 180 Å². The molecule has 0 spiro atoms. The van der Waals surface area contributed by atoms with Crippen molar-refractivity contribution in [1.29, 1.82) is 0 Å². The Morgan fingerprint density at radius 1 is 1.03 bits per heavy atom. The van der Waals surface area contributed by atoms with Gasteiger partial charge in [-0.15, -0.1) is 11.8 Å². The maximum Gasteiger partial charge on any atom is 0.295 e. The van der Waals surface area contributed by atoms with E-state index in [2.05, 4.69) is 0 Å². The molecule has 4 rings (SSSR count). The summed E-state index contributed by atoms with van der Waals surface area (Å²) in [5, 5.41) is -0.581. The lowest BCUT2D eigenvalue weighted by atomic mass is 10.1. The number of carbonyl (C=O) groups excluding carboxylic acids is 1. The molecule has 1 aliphatic rings. The van der Waals surface area contributed by atoms with E-state index in [9.17, 15) is 9.59 Å². The molecule has 0 aliphatic carbocycles. The fourth-order valence-corrected chi connectivity index (χ4v) is 5.16. The smallest absolute Gasteiger partial charge is 0.295 e. The van der Waals surface area contributed by atoms with Gasteiger partial charge < -0.3 is 4.74 Å². The highest BCUT2D eigenvalue weighted by Crippen LogP contribution is 2.47. The lowest BCUT2D eigenvalue weighted by molar-refractivity contribution is -0.117. The third-order valence-electron chi connectivity index (χ3n) is 5.40. The third-order valence-corrected chi connectivity index (χ3v) is 6.73. The molecule has 156 valence electrons. The van der Waals surface area contributed by atoms with E-state index in [1.807, 2.05) is 82.4 Å². The minimum atomic E-state index is -0.326. The summed E-state index contributed by atoms with van der Waals surface area (Å²) in [6.07, 6.45) is 0. The summed E-state index contributed by atoms with van der Waals surface area (Å²) in [6.45, 7) is 6.23. The average molecular weight is 424 g/mol. The van der Waals surface area contributed by atoms with Crippen molar-refractivity contribution in [1.82, 2.24) is 9.36 Å². The Balaban J connectivity index is 1.89. The number of benzene rings is 2. The number of para-hydroxylation sites is 2. The minimum absolute atomic E-state index is 0.0673. The lowest BCUT2D eigenvalue weighted by Crippen LogP contribution is -2.34. The second-order valence-electron chi connectivity index (χ2n) is 7.22. The summed E-state index contributed by atoms with van der Waals surface area (Å²) < 4.78 is 9.24. The normalized spacial score (nSPS) is 18.8. The summed E-state index contributed by atoms with van der Waals surface area (Å²) >= 11 is 1.54. The molecule has 3 aromatic rings. The molecule has 7 heteroatoms. The third kappa shape index (κ3) is 3.23. The number of thioether (sulfide) groups is 1. The summed E-state index contributed by atoms with van der Waals surface area (Å²) in [5.41, 5.74) is 2.61. The number of rotatable bonds is 5. The molecule has 2 aromatic carbocycles. The SMILES string of the molecule is CCOc1ccccc1[C@H]1S[C@@H](C)C(=O)N1c1c(C)n(C)n(-c2ccccc2)c1=O. The molecule has 30 heavy (non-hydrogen) atoms. The summed E-state index contributed by atoms with van der Waals surface area (Å²) in [5.74, 6) is 0.670. The molecule has 1 aliphatic heterocycles. The van der Waals surface area contributed by atoms with E-state index < -0.39 is 0 Å². The molecule has 6 nitrogen and oxygen atoms in total. The number of ether oxygens (including phenoxy) is 1. The van der Waals surface area contributed by atoms with Gasteiger partial charge in [-0.05, 0) is 39.0 Å². The number of hydrogen-bond acceptors (Lipinski definition) is 4. The van der Waals surface area contributed by atoms with Crippen LogP contribution in [0.5, 0.6) is 5.75 Å². The van der Waals surface area contributed by atoms with Gasteiger partial charge in [0.2, 0.25) is 5.91 Å². The van der Waals surface area contributed by atoms with Gasteiger partial charge in [0.15, 0.2) is 0 Å². The quantitative estimate of drug-likeness (QED) is 0.621. The van der Waals surface area contributed by atoms with Gasteiger partial charge in [0.05, 0.1) is 23.2 Å². The van der Waals surface area contributed by atoms with E-state index in [0.29, 0.717) is 12.3 Å². The zero-order chi connectivity index (χ0) is 21.4. The van der Waals surface area contributed by atoms with Gasteiger partial charge in [0.25, 0.3) is 5.56 Å². The summed E-state index contributed by atoms with van der Waals surface area (Å²) in [4.78, 5) is 28.4. The van der Waals surface area contributed by atoms with Gasteiger partial charge in [0.1, 0.15) is 16.8 Å². The van der Waals surface area contributed by atoms with Crippen LogP contribution in [0, 0.1) is 6.92 Å². The highest BCUT2D eigenvalue weighted by atomic mass is 32.2. The molecule has 2 atom stereocenters. The summed E-state index contributed by atoms with van der Waals surface area (Å²) in [7, 11) is 1.84. The van der Waals surface area contributed by atoms with Gasteiger partial charge in [0, 0.05) is 12.6 Å². The Kier molecular flexibility index (Phi) is 5.47. The molecule has 0 N–H and O–H groups in total. The first-order chi connectivity index (χ1) is 14.5. The molecule has 2 heterocycles. The fourth-order valence-electron chi connectivity index (χ4n) is 3.87. The van der Waals surface area contributed by atoms with Crippen molar-refractivity contribution < 1.29 is 9.53 Å². The van der Waals surface area contributed by atoms with E-state index in [1.54, 1.807) is 14.3 Å². The highest BCUT2D eigenvalue weighted by molar-refractivity contribution is 8.01. The van der Waals surface area contributed by atoms with Crippen molar-refractivity contribution in [2.45, 2.75) is 31.4 Å². The number of hydrogen-bond donors (Lipinski definition) is 0. The van der Waals surface area contributed by atoms with E-state index in [4.69, 9.17) is 4.74 Å². The number of nitrogens with zero attached hydrogens (tertiary/aromatic N) is 3. The zero-order valence-electron chi connectivity index (χ0n) is 17.5. The van der Waals surface area contributed by atoms with Crippen LogP contribution in [-0.4, -0.2) is 27.1 Å². The average Bonchev–Trinajstić information content (AvgIpc) is 3.15. The first-order valence-corrected chi connectivity index (χ1v) is 10.9. The number of anilines is 1. The van der Waals surface area contributed by atoms with Crippen LogP contribution in [-0.2, 0) is 11.8 Å². The van der Waals surface area contributed by atoms with Crippen molar-refractivity contribution >= 4 is 23.4 Å². The standard InChI is InChI=1S/C23H25N3O3S/c1-5-29-19-14-10-9-13-18(19)23-25(21(27)16(3)30-23)20-15(2)24(4)26(22(20)28)17-11-7-6-8-12-17/h6-14,16,23H,5H2,1-4H3/t16-,23+/m0/s1. The van der Waals surface area contributed by atoms with Crippen LogP contribution in [0.2, 0.25) is 0 Å². The van der Waals surface area contributed by atoms with Crippen LogP contribution in [0.3, 0.4) is 0 Å². The van der Waals surface area contributed by atoms with Crippen molar-refractivity contribution in [3.8, 4) is 11.4 Å². The molecular weight excluding hydrogens is 398 g/mol. The van der Waals surface area contributed by atoms with Crippen LogP contribution in [0.1, 0.15) is 30.5 Å². The molecule has 0 radical (unpaired) electrons. The predicted octanol–water partition coefficient (Wildman–Crippen LogP) is 4.05. The van der Waals surface area contributed by atoms with Crippen LogP contribution in [0.4, 0.5) is 5.69 Å². The first-order valence-electron chi connectivity index (χ1n) is 10.00. The van der Waals surface area contributed by atoms with Crippen molar-refractivity contribution in [3.05, 3.63) is 76.2 Å². The first kappa shape index (κ1) is 20.3. The Morgan fingerprint density at radius 2 is 1.70 bits per heavy atom. The van der Waals surface area contributed by atoms with Crippen molar-refractivity contribution in [2.24, 2.45) is 7.05 Å². The molecule has 0 saturated carbocycles. The molecule has 0 bridgehead atoms. The Bertz CT molecular complexity index is 1140. The maximum atomic E-state index is 13.5. The molecular formula is C23H25N3O3S. The Hall–Kier alpha value is -2.93. The van der Waals surface area contributed by atoms with E-state index in [-0.39, 0.29) is 22.1 Å². The molecule has 1 aromatic heterocycles. The van der Waals surface area contributed by atoms with Gasteiger partial charge in [-0.2, -0.15) is 0 Å². The fraction of sp³-hybridized carbons (Fsp3) is 0.304. The number of carbonyl (C=O) groups is 1. The topological polar surface area (TPSA) is 56.5 Å². The minimum Gasteiger partial charge on any atom is -0.493 e. The van der Waals surface area contributed by atoms with Gasteiger partial charge in [-0.1, -0.05) is 36.4 Å².